The number of halogens is 3. The van der Waals surface area contributed by atoms with Crippen molar-refractivity contribution in [1.82, 2.24) is 5.32 Å². The molecule has 0 bridgehead atoms. The maximum Gasteiger partial charge on any atom is 0.123 e. The van der Waals surface area contributed by atoms with Gasteiger partial charge < -0.3 is 10.2 Å². The Morgan fingerprint density at radius 2 is 1.73 bits per heavy atom. The molecule has 0 saturated carbocycles. The molecular weight excluding hydrogens is 306 g/mol. The van der Waals surface area contributed by atoms with Crippen LogP contribution in [0.1, 0.15) is 17.9 Å². The van der Waals surface area contributed by atoms with E-state index in [1.807, 2.05) is 6.07 Å². The van der Waals surface area contributed by atoms with Crippen LogP contribution in [0.25, 0.3) is 0 Å². The minimum Gasteiger partial charge on any atom is -0.337 e. The van der Waals surface area contributed by atoms with Crippen LogP contribution < -0.4 is 10.2 Å². The fourth-order valence-electron chi connectivity index (χ4n) is 3.62. The van der Waals surface area contributed by atoms with Crippen molar-refractivity contribution >= 4 is 23.8 Å². The first-order valence-corrected chi connectivity index (χ1v) is 7.29. The lowest BCUT2D eigenvalue weighted by molar-refractivity contribution is 0.419. The maximum atomic E-state index is 13.6. The average Bonchev–Trinajstić information content (AvgIpc) is 2.82. The van der Waals surface area contributed by atoms with Crippen LogP contribution in [0.5, 0.6) is 0 Å². The first-order valence-electron chi connectivity index (χ1n) is 7.29. The average molecular weight is 323 g/mol. The Morgan fingerprint density at radius 1 is 1.00 bits per heavy atom. The largest absolute Gasteiger partial charge is 0.337 e. The minimum absolute atomic E-state index is 0. The Balaban J connectivity index is 0.00000144. The summed E-state index contributed by atoms with van der Waals surface area (Å²) >= 11 is 0. The second-order valence-corrected chi connectivity index (χ2v) is 5.72. The lowest BCUT2D eigenvalue weighted by atomic mass is 9.90. The van der Waals surface area contributed by atoms with E-state index in [4.69, 9.17) is 0 Å². The van der Waals surface area contributed by atoms with Crippen LogP contribution in [0, 0.1) is 11.6 Å². The third-order valence-electron chi connectivity index (χ3n) is 4.53. The molecule has 0 radical (unpaired) electrons. The fourth-order valence-corrected chi connectivity index (χ4v) is 3.62. The Hall–Kier alpha value is -1.65. The minimum atomic E-state index is -0.237. The van der Waals surface area contributed by atoms with Crippen LogP contribution in [-0.2, 0) is 0 Å². The predicted octanol–water partition coefficient (Wildman–Crippen LogP) is 3.98. The summed E-state index contributed by atoms with van der Waals surface area (Å²) in [5, 5.41) is 3.39. The Morgan fingerprint density at radius 3 is 2.50 bits per heavy atom. The van der Waals surface area contributed by atoms with Gasteiger partial charge in [0.15, 0.2) is 0 Å². The number of nitrogens with zero attached hydrogens (tertiary/aromatic N) is 1. The molecule has 0 spiro atoms. The normalized spacial score (nSPS) is 22.7. The Kier molecular flexibility index (Phi) is 4.06. The molecule has 2 aromatic carbocycles. The molecule has 2 unspecified atom stereocenters. The highest BCUT2D eigenvalue weighted by atomic mass is 35.5. The number of benzene rings is 2. The maximum absolute atomic E-state index is 13.6. The van der Waals surface area contributed by atoms with Gasteiger partial charge in [-0.1, -0.05) is 0 Å². The summed E-state index contributed by atoms with van der Waals surface area (Å²) in [6, 6.07) is 11.9. The molecule has 0 amide bonds. The zero-order valence-corrected chi connectivity index (χ0v) is 12.7. The van der Waals surface area contributed by atoms with E-state index in [1.54, 1.807) is 18.2 Å². The van der Waals surface area contributed by atoms with Crippen molar-refractivity contribution in [2.45, 2.75) is 18.4 Å². The van der Waals surface area contributed by atoms with Crippen molar-refractivity contribution < 1.29 is 8.78 Å². The van der Waals surface area contributed by atoms with E-state index in [-0.39, 0.29) is 30.0 Å². The van der Waals surface area contributed by atoms with Gasteiger partial charge in [0.2, 0.25) is 0 Å². The van der Waals surface area contributed by atoms with Gasteiger partial charge in [-0.3, -0.25) is 0 Å². The molecule has 0 aliphatic carbocycles. The van der Waals surface area contributed by atoms with Gasteiger partial charge in [0.1, 0.15) is 11.6 Å². The summed E-state index contributed by atoms with van der Waals surface area (Å²) in [5.41, 5.74) is 3.07. The summed E-state index contributed by atoms with van der Waals surface area (Å²) in [7, 11) is 0. The van der Waals surface area contributed by atoms with Crippen LogP contribution in [0.2, 0.25) is 0 Å². The van der Waals surface area contributed by atoms with E-state index >= 15 is 0 Å². The van der Waals surface area contributed by atoms with E-state index in [0.717, 1.165) is 36.4 Å². The van der Waals surface area contributed by atoms with Crippen molar-refractivity contribution in [1.29, 1.82) is 0 Å². The van der Waals surface area contributed by atoms with Crippen molar-refractivity contribution in [3.05, 3.63) is 59.7 Å². The quantitative estimate of drug-likeness (QED) is 0.854. The molecule has 2 nitrogen and oxygen atoms in total. The Labute approximate surface area is 134 Å². The summed E-state index contributed by atoms with van der Waals surface area (Å²) in [6.07, 6.45) is 0.998. The van der Waals surface area contributed by atoms with Gasteiger partial charge in [0.05, 0.1) is 0 Å². The second kappa shape index (κ2) is 5.86. The van der Waals surface area contributed by atoms with Crippen molar-refractivity contribution in [3.8, 4) is 0 Å². The van der Waals surface area contributed by atoms with Gasteiger partial charge in [-0.25, -0.2) is 8.78 Å². The van der Waals surface area contributed by atoms with Gasteiger partial charge in [0, 0.05) is 29.9 Å². The molecule has 5 heteroatoms. The molecule has 2 aromatic rings. The highest BCUT2D eigenvalue weighted by Crippen LogP contribution is 2.47. The van der Waals surface area contributed by atoms with E-state index in [0.29, 0.717) is 6.04 Å². The van der Waals surface area contributed by atoms with E-state index in [1.165, 1.54) is 18.2 Å². The van der Waals surface area contributed by atoms with Crippen LogP contribution >= 0.6 is 12.4 Å². The summed E-state index contributed by atoms with van der Waals surface area (Å²) < 4.78 is 26.8. The van der Waals surface area contributed by atoms with Gasteiger partial charge in [-0.05, 0) is 61.0 Å². The zero-order valence-electron chi connectivity index (χ0n) is 11.9. The van der Waals surface area contributed by atoms with Crippen molar-refractivity contribution in [2.24, 2.45) is 0 Å². The zero-order chi connectivity index (χ0) is 14.4. The Bertz CT molecular complexity index is 675. The van der Waals surface area contributed by atoms with Crippen LogP contribution in [0.3, 0.4) is 0 Å². The highest BCUT2D eigenvalue weighted by molar-refractivity contribution is 5.85. The molecular formula is C17H17ClF2N2. The molecule has 116 valence electrons. The monoisotopic (exact) mass is 322 g/mol. The molecule has 2 aliphatic rings. The molecule has 2 atom stereocenters. The number of hydrogen-bond acceptors (Lipinski definition) is 2. The van der Waals surface area contributed by atoms with E-state index in [9.17, 15) is 8.78 Å². The predicted molar refractivity (Wildman–Crippen MR) is 86.2 cm³/mol. The number of fused-ring (bicyclic) bond motifs is 3. The first-order chi connectivity index (χ1) is 10.2. The second-order valence-electron chi connectivity index (χ2n) is 5.72. The van der Waals surface area contributed by atoms with E-state index < -0.39 is 0 Å². The first kappa shape index (κ1) is 15.3. The lowest BCUT2D eigenvalue weighted by Crippen LogP contribution is -2.42. The summed E-state index contributed by atoms with van der Waals surface area (Å²) in [6.45, 7) is 1.81. The number of rotatable bonds is 1. The van der Waals surface area contributed by atoms with Gasteiger partial charge in [-0.15, -0.1) is 12.4 Å². The molecule has 4 rings (SSSR count). The molecule has 2 heterocycles. The molecule has 22 heavy (non-hydrogen) atoms. The molecule has 1 saturated heterocycles. The number of anilines is 2. The number of piperidine rings is 1. The topological polar surface area (TPSA) is 15.3 Å². The van der Waals surface area contributed by atoms with Gasteiger partial charge in [-0.2, -0.15) is 0 Å². The third kappa shape index (κ3) is 2.36. The highest BCUT2D eigenvalue weighted by Gasteiger charge is 2.40. The van der Waals surface area contributed by atoms with Crippen LogP contribution in [0.4, 0.5) is 20.2 Å². The smallest absolute Gasteiger partial charge is 0.123 e. The van der Waals surface area contributed by atoms with Crippen molar-refractivity contribution in [2.75, 3.05) is 18.0 Å². The SMILES string of the molecule is Cl.Fc1ccc(N2c3ccc(F)cc3C3CNCCC32)cc1. The lowest BCUT2D eigenvalue weighted by Gasteiger charge is -2.34. The summed E-state index contributed by atoms with van der Waals surface area (Å²) in [5.74, 6) is -0.146. The molecule has 0 aromatic heterocycles. The molecule has 2 aliphatic heterocycles. The van der Waals surface area contributed by atoms with Crippen LogP contribution in [0.15, 0.2) is 42.5 Å². The fraction of sp³-hybridized carbons (Fsp3) is 0.294. The van der Waals surface area contributed by atoms with Gasteiger partial charge >= 0.3 is 0 Å². The molecule has 1 fully saturated rings. The van der Waals surface area contributed by atoms with E-state index in [2.05, 4.69) is 10.2 Å². The standard InChI is InChI=1S/C17H16F2N2.ClH/c18-11-1-4-13(5-2-11)21-16-6-3-12(19)9-14(16)15-10-20-8-7-17(15)21;/h1-6,9,15,17,20H,7-8,10H2;1H. The third-order valence-corrected chi connectivity index (χ3v) is 4.53. The van der Waals surface area contributed by atoms with Gasteiger partial charge in [0.25, 0.3) is 0 Å². The van der Waals surface area contributed by atoms with Crippen LogP contribution in [-0.4, -0.2) is 19.1 Å². The van der Waals surface area contributed by atoms with Crippen molar-refractivity contribution in [3.63, 3.8) is 0 Å². The summed E-state index contributed by atoms with van der Waals surface area (Å²) in [4.78, 5) is 2.24. The number of nitrogens with one attached hydrogen (secondary N) is 1. The molecule has 1 N–H and O–H groups in total. The number of hydrogen-bond donors (Lipinski definition) is 1.